The molecule has 0 saturated heterocycles. The minimum atomic E-state index is -3.69. The van der Waals surface area contributed by atoms with E-state index in [9.17, 15) is 17.6 Å². The molecule has 1 atom stereocenters. The summed E-state index contributed by atoms with van der Waals surface area (Å²) in [6.07, 6.45) is -0.488. The third-order valence-electron chi connectivity index (χ3n) is 2.44. The van der Waals surface area contributed by atoms with Crippen molar-refractivity contribution in [3.63, 3.8) is 0 Å². The average Bonchev–Trinajstić information content (AvgIpc) is 2.22. The van der Waals surface area contributed by atoms with E-state index >= 15 is 0 Å². The lowest BCUT2D eigenvalue weighted by Crippen LogP contribution is -2.23. The van der Waals surface area contributed by atoms with Gasteiger partial charge in [0.05, 0.1) is 17.4 Å². The Hall–Kier alpha value is -0.950. The minimum absolute atomic E-state index is 0.0293. The lowest BCUT2D eigenvalue weighted by molar-refractivity contribution is -0.136. The van der Waals surface area contributed by atoms with Gasteiger partial charge in [0.25, 0.3) is 0 Å². The second-order valence-electron chi connectivity index (χ2n) is 3.95. The van der Waals surface area contributed by atoms with Crippen LogP contribution in [0, 0.1) is 5.82 Å². The quantitative estimate of drug-likeness (QED) is 0.894. The van der Waals surface area contributed by atoms with E-state index in [1.165, 1.54) is 19.1 Å². The summed E-state index contributed by atoms with van der Waals surface area (Å²) >= 11 is 3.13. The first-order chi connectivity index (χ1) is 8.22. The molecule has 1 aromatic carbocycles. The second kappa shape index (κ2) is 5.79. The molecule has 0 spiro atoms. The number of carboxylic acids is 1. The highest BCUT2D eigenvalue weighted by atomic mass is 79.9. The van der Waals surface area contributed by atoms with Crippen LogP contribution >= 0.6 is 15.9 Å². The van der Waals surface area contributed by atoms with Crippen LogP contribution in [0.3, 0.4) is 0 Å². The van der Waals surface area contributed by atoms with Gasteiger partial charge in [-0.1, -0.05) is 15.9 Å². The van der Waals surface area contributed by atoms with Crippen LogP contribution in [-0.4, -0.2) is 24.7 Å². The van der Waals surface area contributed by atoms with Crippen molar-refractivity contribution in [2.75, 3.05) is 0 Å². The second-order valence-corrected chi connectivity index (χ2v) is 7.29. The van der Waals surface area contributed by atoms with Crippen molar-refractivity contribution < 1.29 is 22.7 Å². The average molecular weight is 339 g/mol. The number of rotatable bonds is 5. The Morgan fingerprint density at radius 1 is 1.50 bits per heavy atom. The van der Waals surface area contributed by atoms with Crippen molar-refractivity contribution in [2.24, 2.45) is 0 Å². The van der Waals surface area contributed by atoms with E-state index in [2.05, 4.69) is 15.9 Å². The van der Waals surface area contributed by atoms with Crippen LogP contribution in [0.25, 0.3) is 0 Å². The highest BCUT2D eigenvalue weighted by Gasteiger charge is 2.25. The Kier molecular flexibility index (Phi) is 4.86. The largest absolute Gasteiger partial charge is 0.481 e. The zero-order valence-electron chi connectivity index (χ0n) is 9.56. The molecule has 0 bridgehead atoms. The van der Waals surface area contributed by atoms with Crippen molar-refractivity contribution in [3.05, 3.63) is 34.1 Å². The maximum Gasteiger partial charge on any atom is 0.304 e. The Bertz CT molecular complexity index is 556. The molecule has 7 heteroatoms. The third-order valence-corrected chi connectivity index (χ3v) is 5.04. The molecule has 0 amide bonds. The molecule has 100 valence electrons. The van der Waals surface area contributed by atoms with Crippen LogP contribution in [0.1, 0.15) is 18.9 Å². The number of carboxylic acid groups (broad SMARTS) is 1. The minimum Gasteiger partial charge on any atom is -0.481 e. The predicted molar refractivity (Wildman–Crippen MR) is 68.4 cm³/mol. The summed E-state index contributed by atoms with van der Waals surface area (Å²) in [6.45, 7) is 1.30. The summed E-state index contributed by atoms with van der Waals surface area (Å²) in [4.78, 5) is 10.5. The summed E-state index contributed by atoms with van der Waals surface area (Å²) in [6, 6.07) is 4.00. The van der Waals surface area contributed by atoms with Gasteiger partial charge in [0.1, 0.15) is 5.82 Å². The summed E-state index contributed by atoms with van der Waals surface area (Å²) in [7, 11) is -3.69. The fourth-order valence-corrected chi connectivity index (χ4v) is 3.13. The monoisotopic (exact) mass is 338 g/mol. The topological polar surface area (TPSA) is 71.4 Å². The smallest absolute Gasteiger partial charge is 0.304 e. The maximum absolute atomic E-state index is 13.4. The van der Waals surface area contributed by atoms with E-state index in [1.54, 1.807) is 0 Å². The number of benzene rings is 1. The Morgan fingerprint density at radius 2 is 2.11 bits per heavy atom. The Balaban J connectivity index is 2.95. The van der Waals surface area contributed by atoms with Crippen molar-refractivity contribution >= 4 is 31.7 Å². The van der Waals surface area contributed by atoms with Crippen molar-refractivity contribution in [2.45, 2.75) is 24.3 Å². The fourth-order valence-electron chi connectivity index (χ4n) is 1.39. The van der Waals surface area contributed by atoms with E-state index in [0.29, 0.717) is 4.47 Å². The third kappa shape index (κ3) is 4.06. The number of hydrogen-bond acceptors (Lipinski definition) is 3. The van der Waals surface area contributed by atoms with Gasteiger partial charge >= 0.3 is 5.97 Å². The molecule has 0 saturated carbocycles. The molecule has 1 unspecified atom stereocenters. The zero-order chi connectivity index (χ0) is 13.9. The molecule has 18 heavy (non-hydrogen) atoms. The SMILES string of the molecule is CC(CC(=O)O)S(=O)(=O)Cc1cc(Br)ccc1F. The Labute approximate surface area is 113 Å². The van der Waals surface area contributed by atoms with E-state index in [4.69, 9.17) is 5.11 Å². The number of halogens is 2. The number of carbonyl (C=O) groups is 1. The summed E-state index contributed by atoms with van der Waals surface area (Å²) in [5.74, 6) is -2.32. The molecular formula is C11H12BrFO4S. The van der Waals surface area contributed by atoms with Gasteiger partial charge in [-0.15, -0.1) is 0 Å². The van der Waals surface area contributed by atoms with Crippen LogP contribution in [-0.2, 0) is 20.4 Å². The molecular weight excluding hydrogens is 327 g/mol. The van der Waals surface area contributed by atoms with E-state index in [1.807, 2.05) is 0 Å². The van der Waals surface area contributed by atoms with Gasteiger partial charge in [-0.25, -0.2) is 12.8 Å². The van der Waals surface area contributed by atoms with Gasteiger partial charge in [-0.2, -0.15) is 0 Å². The van der Waals surface area contributed by atoms with Gasteiger partial charge in [0.15, 0.2) is 9.84 Å². The van der Waals surface area contributed by atoms with Crippen LogP contribution in [0.5, 0.6) is 0 Å². The number of hydrogen-bond donors (Lipinski definition) is 1. The van der Waals surface area contributed by atoms with E-state index in [-0.39, 0.29) is 5.56 Å². The molecule has 0 radical (unpaired) electrons. The molecule has 0 aromatic heterocycles. The van der Waals surface area contributed by atoms with Crippen LogP contribution in [0.2, 0.25) is 0 Å². The van der Waals surface area contributed by atoms with Crippen LogP contribution in [0.15, 0.2) is 22.7 Å². The fraction of sp³-hybridized carbons (Fsp3) is 0.364. The highest BCUT2D eigenvalue weighted by molar-refractivity contribution is 9.10. The van der Waals surface area contributed by atoms with Crippen LogP contribution < -0.4 is 0 Å². The lowest BCUT2D eigenvalue weighted by atomic mass is 10.2. The molecule has 1 N–H and O–H groups in total. The normalized spacial score (nSPS) is 13.3. The highest BCUT2D eigenvalue weighted by Crippen LogP contribution is 2.20. The van der Waals surface area contributed by atoms with E-state index < -0.39 is 39.0 Å². The molecule has 0 fully saturated rings. The molecule has 1 rings (SSSR count). The molecule has 4 nitrogen and oxygen atoms in total. The first-order valence-corrected chi connectivity index (χ1v) is 7.60. The number of sulfone groups is 1. The molecule has 0 heterocycles. The van der Waals surface area contributed by atoms with Crippen molar-refractivity contribution in [1.29, 1.82) is 0 Å². The van der Waals surface area contributed by atoms with Gasteiger partial charge in [-0.3, -0.25) is 4.79 Å². The Morgan fingerprint density at radius 3 is 2.67 bits per heavy atom. The zero-order valence-corrected chi connectivity index (χ0v) is 12.0. The number of aliphatic carboxylic acids is 1. The van der Waals surface area contributed by atoms with E-state index in [0.717, 1.165) is 6.07 Å². The predicted octanol–water partition coefficient (Wildman–Crippen LogP) is 2.37. The first kappa shape index (κ1) is 15.1. The van der Waals surface area contributed by atoms with Crippen molar-refractivity contribution in [1.82, 2.24) is 0 Å². The maximum atomic E-state index is 13.4. The summed E-state index contributed by atoms with van der Waals surface area (Å²) < 4.78 is 37.7. The van der Waals surface area contributed by atoms with Crippen molar-refractivity contribution in [3.8, 4) is 0 Å². The van der Waals surface area contributed by atoms with Gasteiger partial charge in [-0.05, 0) is 25.1 Å². The molecule has 1 aromatic rings. The first-order valence-electron chi connectivity index (χ1n) is 5.09. The standard InChI is InChI=1S/C11H12BrFO4S/c1-7(4-11(14)15)18(16,17)6-8-5-9(12)2-3-10(8)13/h2-3,5,7H,4,6H2,1H3,(H,14,15). The molecule has 0 aliphatic rings. The molecule has 0 aliphatic carbocycles. The molecule has 0 aliphatic heterocycles. The van der Waals surface area contributed by atoms with Crippen LogP contribution in [0.4, 0.5) is 4.39 Å². The summed E-state index contributed by atoms with van der Waals surface area (Å²) in [5, 5.41) is 7.52. The lowest BCUT2D eigenvalue weighted by Gasteiger charge is -2.11. The summed E-state index contributed by atoms with van der Waals surface area (Å²) in [5.41, 5.74) is 0.0293. The van der Waals surface area contributed by atoms with Gasteiger partial charge < -0.3 is 5.11 Å². The van der Waals surface area contributed by atoms with Gasteiger partial charge in [0, 0.05) is 10.0 Å². The van der Waals surface area contributed by atoms with Gasteiger partial charge in [0.2, 0.25) is 0 Å².